The molecule has 3 aromatic carbocycles. The van der Waals surface area contributed by atoms with Gasteiger partial charge >= 0.3 is 6.18 Å². The van der Waals surface area contributed by atoms with Gasteiger partial charge in [-0.15, -0.1) is 0 Å². The first-order chi connectivity index (χ1) is 20.8. The van der Waals surface area contributed by atoms with Gasteiger partial charge in [0, 0.05) is 43.3 Å². The summed E-state index contributed by atoms with van der Waals surface area (Å²) in [5.41, 5.74) is 4.18. The highest BCUT2D eigenvalue weighted by atomic mass is 19.4. The van der Waals surface area contributed by atoms with Crippen molar-refractivity contribution in [3.8, 4) is 11.1 Å². The Hall–Kier alpha value is -4.11. The van der Waals surface area contributed by atoms with Gasteiger partial charge in [0.1, 0.15) is 12.0 Å². The van der Waals surface area contributed by atoms with Crippen molar-refractivity contribution in [3.05, 3.63) is 95.7 Å². The van der Waals surface area contributed by atoms with E-state index in [1.165, 1.54) is 0 Å². The molecule has 0 bridgehead atoms. The topological polar surface area (TPSA) is 68.4 Å². The molecule has 1 aliphatic heterocycles. The highest BCUT2D eigenvalue weighted by Crippen LogP contribution is 2.51. The summed E-state index contributed by atoms with van der Waals surface area (Å²) >= 11 is 0. The molecule has 0 radical (unpaired) electrons. The molecule has 1 aliphatic carbocycles. The zero-order valence-electron chi connectivity index (χ0n) is 23.9. The van der Waals surface area contributed by atoms with E-state index < -0.39 is 24.0 Å². The van der Waals surface area contributed by atoms with Crippen LogP contribution in [0.1, 0.15) is 36.0 Å². The van der Waals surface area contributed by atoms with Crippen LogP contribution in [0.2, 0.25) is 0 Å². The predicted molar refractivity (Wildman–Crippen MR) is 161 cm³/mol. The summed E-state index contributed by atoms with van der Waals surface area (Å²) in [6, 6.07) is 23.1. The minimum absolute atomic E-state index is 0.120. The number of rotatable bonds is 9. The normalized spacial score (nSPS) is 16.2. The third kappa shape index (κ3) is 5.78. The van der Waals surface area contributed by atoms with E-state index in [0.717, 1.165) is 64.8 Å². The number of carbonyl (C=O) groups is 2. The molecule has 4 aromatic rings. The van der Waals surface area contributed by atoms with Crippen LogP contribution in [0.15, 0.2) is 79.0 Å². The van der Waals surface area contributed by atoms with Crippen molar-refractivity contribution >= 4 is 22.7 Å². The van der Waals surface area contributed by atoms with E-state index in [1.54, 1.807) is 0 Å². The largest absolute Gasteiger partial charge is 0.405 e. The Labute approximate surface area is 248 Å². The van der Waals surface area contributed by atoms with E-state index in [9.17, 15) is 22.8 Å². The number of hydrogen-bond acceptors (Lipinski definition) is 3. The van der Waals surface area contributed by atoms with Gasteiger partial charge in [0.2, 0.25) is 11.8 Å². The molecular weight excluding hydrogens is 553 g/mol. The first-order valence-corrected chi connectivity index (χ1v) is 14.9. The highest BCUT2D eigenvalue weighted by molar-refractivity contribution is 6.00. The number of aromatic nitrogens is 1. The predicted octanol–water partition coefficient (Wildman–Crippen LogP) is 5.67. The summed E-state index contributed by atoms with van der Waals surface area (Å²) in [6.45, 7) is 2.29. The number of amides is 2. The molecule has 9 heteroatoms. The van der Waals surface area contributed by atoms with Crippen LogP contribution in [0, 0.1) is 0 Å². The average Bonchev–Trinajstić information content (AvgIpc) is 3.55. The number of alkyl halides is 3. The second-order valence-corrected chi connectivity index (χ2v) is 11.5. The van der Waals surface area contributed by atoms with Gasteiger partial charge in [-0.2, -0.15) is 13.2 Å². The molecule has 0 spiro atoms. The number of carbonyl (C=O) groups excluding carboxylic acids is 2. The number of halogens is 3. The zero-order chi connectivity index (χ0) is 30.0. The van der Waals surface area contributed by atoms with Gasteiger partial charge < -0.3 is 15.2 Å². The van der Waals surface area contributed by atoms with E-state index in [1.807, 2.05) is 83.9 Å². The fourth-order valence-corrected chi connectivity index (χ4v) is 6.78. The van der Waals surface area contributed by atoms with Crippen LogP contribution in [0.5, 0.6) is 0 Å². The van der Waals surface area contributed by atoms with E-state index >= 15 is 0 Å². The maximum Gasteiger partial charge on any atom is 0.405 e. The van der Waals surface area contributed by atoms with E-state index in [4.69, 9.17) is 0 Å². The standard InChI is InChI=1S/C34H35F3N4O2/c35-34(36,37)23-39-32(43)33(28-12-4-1-10-26(28)27-11-2-5-13-29(27)33)15-7-8-16-40-17-19-41(20-18-40)31(42)21-24-22-38-30-14-6-3-9-25(24)30/h1-6,9-14,22,38H,7-8,15-21,23H2,(H,39,43). The Morgan fingerprint density at radius 2 is 1.47 bits per heavy atom. The Kier molecular flexibility index (Phi) is 8.01. The molecule has 1 saturated heterocycles. The minimum Gasteiger partial charge on any atom is -0.361 e. The van der Waals surface area contributed by atoms with Gasteiger partial charge in [-0.3, -0.25) is 14.5 Å². The molecular formula is C34H35F3N4O2. The number of piperazine rings is 1. The minimum atomic E-state index is -4.49. The van der Waals surface area contributed by atoms with Gasteiger partial charge in [-0.05, 0) is 53.3 Å². The number of nitrogens with one attached hydrogen (secondary N) is 2. The number of hydrogen-bond donors (Lipinski definition) is 2. The van der Waals surface area contributed by atoms with E-state index in [0.29, 0.717) is 32.4 Å². The van der Waals surface area contributed by atoms with Crippen LogP contribution in [0.4, 0.5) is 13.2 Å². The molecule has 2 heterocycles. The quantitative estimate of drug-likeness (QED) is 0.248. The van der Waals surface area contributed by atoms with Crippen molar-refractivity contribution in [3.63, 3.8) is 0 Å². The number of H-pyrrole nitrogens is 1. The van der Waals surface area contributed by atoms with Crippen LogP contribution in [-0.4, -0.2) is 72.0 Å². The molecule has 0 unspecified atom stereocenters. The lowest BCUT2D eigenvalue weighted by molar-refractivity contribution is -0.141. The van der Waals surface area contributed by atoms with Crippen molar-refractivity contribution in [1.82, 2.24) is 20.1 Å². The summed E-state index contributed by atoms with van der Waals surface area (Å²) in [4.78, 5) is 34.2. The van der Waals surface area contributed by atoms with Crippen LogP contribution >= 0.6 is 0 Å². The average molecular weight is 589 g/mol. The van der Waals surface area contributed by atoms with Crippen LogP contribution in [0.25, 0.3) is 22.0 Å². The molecule has 224 valence electrons. The first-order valence-electron chi connectivity index (χ1n) is 14.9. The fraction of sp³-hybridized carbons (Fsp3) is 0.353. The van der Waals surface area contributed by atoms with E-state index in [-0.39, 0.29) is 5.91 Å². The monoisotopic (exact) mass is 588 g/mol. The number of fused-ring (bicyclic) bond motifs is 4. The number of benzene rings is 3. The van der Waals surface area contributed by atoms with Gasteiger partial charge in [-0.25, -0.2) is 0 Å². The second-order valence-electron chi connectivity index (χ2n) is 11.5. The summed E-state index contributed by atoms with van der Waals surface area (Å²) in [6.07, 6.45) is -0.341. The molecule has 0 saturated carbocycles. The molecule has 2 N–H and O–H groups in total. The maximum absolute atomic E-state index is 13.7. The van der Waals surface area contributed by atoms with Crippen LogP contribution in [0.3, 0.4) is 0 Å². The Bertz CT molecular complexity index is 1580. The summed E-state index contributed by atoms with van der Waals surface area (Å²) < 4.78 is 39.4. The molecule has 0 atom stereocenters. The molecule has 6 rings (SSSR count). The SMILES string of the molecule is O=C(Cc1c[nH]c2ccccc12)N1CCN(CCCCC2(C(=O)NCC(F)(F)F)c3ccccc3-c3ccccc32)CC1. The van der Waals surface area contributed by atoms with E-state index in [2.05, 4.69) is 15.2 Å². The summed E-state index contributed by atoms with van der Waals surface area (Å²) in [5.74, 6) is -0.487. The zero-order valence-corrected chi connectivity index (χ0v) is 23.9. The number of unbranched alkanes of at least 4 members (excludes halogenated alkanes) is 1. The maximum atomic E-state index is 13.7. The van der Waals surface area contributed by atoms with Crippen LogP contribution < -0.4 is 5.32 Å². The lowest BCUT2D eigenvalue weighted by Crippen LogP contribution is -2.49. The highest BCUT2D eigenvalue weighted by Gasteiger charge is 2.49. The molecule has 43 heavy (non-hydrogen) atoms. The van der Waals surface area contributed by atoms with Gasteiger partial charge in [-0.1, -0.05) is 73.2 Å². The Morgan fingerprint density at radius 1 is 0.837 bits per heavy atom. The Morgan fingerprint density at radius 3 is 2.14 bits per heavy atom. The number of nitrogens with zero attached hydrogens (tertiary/aromatic N) is 2. The third-order valence-corrected chi connectivity index (χ3v) is 8.92. The molecule has 2 aliphatic rings. The van der Waals surface area contributed by atoms with Gasteiger partial charge in [0.05, 0.1) is 6.42 Å². The number of aromatic amines is 1. The fourth-order valence-electron chi connectivity index (χ4n) is 6.78. The van der Waals surface area contributed by atoms with Crippen molar-refractivity contribution in [2.45, 2.75) is 37.3 Å². The van der Waals surface area contributed by atoms with Crippen molar-refractivity contribution < 1.29 is 22.8 Å². The van der Waals surface area contributed by atoms with Crippen molar-refractivity contribution in [1.29, 1.82) is 0 Å². The Balaban J connectivity index is 1.07. The lowest BCUT2D eigenvalue weighted by Gasteiger charge is -2.35. The first kappa shape index (κ1) is 29.0. The lowest BCUT2D eigenvalue weighted by atomic mass is 9.73. The molecule has 1 aromatic heterocycles. The summed E-state index contributed by atoms with van der Waals surface area (Å²) in [5, 5.41) is 3.28. The summed E-state index contributed by atoms with van der Waals surface area (Å²) in [7, 11) is 0. The van der Waals surface area contributed by atoms with Crippen molar-refractivity contribution in [2.24, 2.45) is 0 Å². The molecule has 6 nitrogen and oxygen atoms in total. The molecule has 2 amide bonds. The molecule has 1 fully saturated rings. The smallest absolute Gasteiger partial charge is 0.361 e. The second kappa shape index (κ2) is 11.9. The van der Waals surface area contributed by atoms with Crippen molar-refractivity contribution in [2.75, 3.05) is 39.3 Å². The van der Waals surface area contributed by atoms with Gasteiger partial charge in [0.15, 0.2) is 0 Å². The van der Waals surface area contributed by atoms with Crippen LogP contribution in [-0.2, 0) is 21.4 Å². The van der Waals surface area contributed by atoms with Gasteiger partial charge in [0.25, 0.3) is 0 Å². The number of para-hydroxylation sites is 1. The third-order valence-electron chi connectivity index (χ3n) is 8.92.